The van der Waals surface area contributed by atoms with Gasteiger partial charge in [0, 0.05) is 49.7 Å². The molecule has 0 radical (unpaired) electrons. The lowest BCUT2D eigenvalue weighted by molar-refractivity contribution is -0.137. The summed E-state index contributed by atoms with van der Waals surface area (Å²) in [7, 11) is 3.70. The quantitative estimate of drug-likeness (QED) is 0.656. The van der Waals surface area contributed by atoms with E-state index in [4.69, 9.17) is 4.74 Å². The number of likely N-dealkylation sites (N-methyl/N-ethyl adjacent to an activating group) is 1. The minimum atomic E-state index is -0.308. The third-order valence-electron chi connectivity index (χ3n) is 6.10. The number of rotatable bonds is 7. The fourth-order valence-electron chi connectivity index (χ4n) is 4.29. The molecule has 0 aromatic heterocycles. The average molecular weight is 449 g/mol. The number of para-hydroxylation sites is 1. The summed E-state index contributed by atoms with van der Waals surface area (Å²) in [5.74, 6) is 0.122. The molecule has 0 unspecified atom stereocenters. The van der Waals surface area contributed by atoms with E-state index < -0.39 is 0 Å². The lowest BCUT2D eigenvalue weighted by Crippen LogP contribution is -2.44. The normalized spacial score (nSPS) is 17.4. The van der Waals surface area contributed by atoms with Gasteiger partial charge in [-0.3, -0.25) is 14.5 Å². The Balaban J connectivity index is 1.65. The molecule has 0 bridgehead atoms. The molecule has 174 valence electrons. The van der Waals surface area contributed by atoms with Crippen molar-refractivity contribution in [2.24, 2.45) is 5.92 Å². The van der Waals surface area contributed by atoms with Crippen LogP contribution in [0.5, 0.6) is 5.75 Å². The number of carbonyl (C=O) groups excluding carboxylic acids is 2. The molecule has 4 rings (SSSR count). The van der Waals surface area contributed by atoms with Crippen molar-refractivity contribution in [2.75, 3.05) is 57.1 Å². The first kappa shape index (κ1) is 22.9. The monoisotopic (exact) mass is 448 g/mol. The first-order valence-electron chi connectivity index (χ1n) is 11.4. The van der Waals surface area contributed by atoms with Crippen LogP contribution in [-0.4, -0.2) is 68.5 Å². The first-order chi connectivity index (χ1) is 15.9. The first-order valence-corrected chi connectivity index (χ1v) is 11.4. The Kier molecular flexibility index (Phi) is 6.70. The van der Waals surface area contributed by atoms with E-state index in [1.54, 1.807) is 13.2 Å². The van der Waals surface area contributed by atoms with Crippen LogP contribution in [0.25, 0.3) is 5.57 Å². The molecule has 7 nitrogen and oxygen atoms in total. The minimum Gasteiger partial charge on any atom is -0.496 e. The largest absolute Gasteiger partial charge is 0.496 e. The van der Waals surface area contributed by atoms with E-state index in [1.165, 1.54) is 4.90 Å². The van der Waals surface area contributed by atoms with Crippen LogP contribution < -0.4 is 15.0 Å². The average Bonchev–Trinajstić information content (AvgIpc) is 3.04. The number of ether oxygens (including phenoxy) is 1. The Morgan fingerprint density at radius 3 is 2.24 bits per heavy atom. The summed E-state index contributed by atoms with van der Waals surface area (Å²) in [6.07, 6.45) is 0. The molecule has 33 heavy (non-hydrogen) atoms. The zero-order valence-electron chi connectivity index (χ0n) is 19.8. The molecule has 0 saturated carbocycles. The Morgan fingerprint density at radius 2 is 1.61 bits per heavy atom. The summed E-state index contributed by atoms with van der Waals surface area (Å²) >= 11 is 0. The van der Waals surface area contributed by atoms with Crippen LogP contribution in [0.3, 0.4) is 0 Å². The summed E-state index contributed by atoms with van der Waals surface area (Å²) in [4.78, 5) is 32.7. The lowest BCUT2D eigenvalue weighted by atomic mass is 10.0. The van der Waals surface area contributed by atoms with Crippen LogP contribution in [0.2, 0.25) is 0 Å². The molecule has 2 aromatic rings. The third kappa shape index (κ3) is 4.73. The molecule has 1 N–H and O–H groups in total. The van der Waals surface area contributed by atoms with Gasteiger partial charge in [-0.25, -0.2) is 0 Å². The number of nitrogens with one attached hydrogen (secondary N) is 1. The smallest absolute Gasteiger partial charge is 0.278 e. The SMILES string of the molecule is COc1ccccc1C1=C(Nc2ccc(N3CCN(C)CC3)cc2)C(=O)N(CC(C)C)C1=O. The van der Waals surface area contributed by atoms with Crippen LogP contribution >= 0.6 is 0 Å². The predicted molar refractivity (Wildman–Crippen MR) is 131 cm³/mol. The van der Waals surface area contributed by atoms with Crippen molar-refractivity contribution >= 4 is 28.8 Å². The molecule has 0 aliphatic carbocycles. The second kappa shape index (κ2) is 9.67. The van der Waals surface area contributed by atoms with Crippen molar-refractivity contribution in [2.45, 2.75) is 13.8 Å². The molecule has 7 heteroatoms. The number of piperazine rings is 1. The van der Waals surface area contributed by atoms with Crippen LogP contribution in [0, 0.1) is 5.92 Å². The van der Waals surface area contributed by atoms with Gasteiger partial charge in [0.1, 0.15) is 11.4 Å². The molecular weight excluding hydrogens is 416 g/mol. The highest BCUT2D eigenvalue weighted by Crippen LogP contribution is 2.35. The fraction of sp³-hybridized carbons (Fsp3) is 0.385. The number of methoxy groups -OCH3 is 1. The summed E-state index contributed by atoms with van der Waals surface area (Å²) in [6.45, 7) is 8.41. The highest BCUT2D eigenvalue weighted by atomic mass is 16.5. The Morgan fingerprint density at radius 1 is 0.939 bits per heavy atom. The van der Waals surface area contributed by atoms with Gasteiger partial charge in [-0.1, -0.05) is 32.0 Å². The van der Waals surface area contributed by atoms with E-state index in [1.807, 2.05) is 44.2 Å². The minimum absolute atomic E-state index is 0.166. The van der Waals surface area contributed by atoms with Crippen LogP contribution in [0.4, 0.5) is 11.4 Å². The molecule has 1 saturated heterocycles. The van der Waals surface area contributed by atoms with E-state index in [0.717, 1.165) is 37.6 Å². The summed E-state index contributed by atoms with van der Waals surface area (Å²) < 4.78 is 5.49. The zero-order valence-corrected chi connectivity index (χ0v) is 19.8. The number of anilines is 2. The topological polar surface area (TPSA) is 65.1 Å². The highest BCUT2D eigenvalue weighted by Gasteiger charge is 2.40. The second-order valence-corrected chi connectivity index (χ2v) is 9.03. The number of carbonyl (C=O) groups is 2. The molecule has 2 heterocycles. The van der Waals surface area contributed by atoms with Crippen LogP contribution in [0.1, 0.15) is 19.4 Å². The standard InChI is InChI=1S/C26H32N4O3/c1-18(2)17-30-25(31)23(21-7-5-6-8-22(21)33-4)24(26(30)32)27-19-9-11-20(12-10-19)29-15-13-28(3)14-16-29/h5-12,18,27H,13-17H2,1-4H3. The van der Waals surface area contributed by atoms with Gasteiger partial charge in [0.2, 0.25) is 0 Å². The summed E-state index contributed by atoms with van der Waals surface area (Å²) in [5.41, 5.74) is 3.17. The maximum Gasteiger partial charge on any atom is 0.278 e. The van der Waals surface area contributed by atoms with Crippen LogP contribution in [0.15, 0.2) is 54.2 Å². The predicted octanol–water partition coefficient (Wildman–Crippen LogP) is 3.30. The van der Waals surface area contributed by atoms with Gasteiger partial charge in [0.15, 0.2) is 0 Å². The van der Waals surface area contributed by atoms with Gasteiger partial charge in [-0.15, -0.1) is 0 Å². The van der Waals surface area contributed by atoms with Gasteiger partial charge in [-0.05, 0) is 43.3 Å². The second-order valence-electron chi connectivity index (χ2n) is 9.03. The Bertz CT molecular complexity index is 1050. The maximum absolute atomic E-state index is 13.3. The molecule has 0 spiro atoms. The van der Waals surface area contributed by atoms with Gasteiger partial charge in [0.25, 0.3) is 11.8 Å². The molecule has 0 atom stereocenters. The van der Waals surface area contributed by atoms with Crippen molar-refractivity contribution in [1.82, 2.24) is 9.80 Å². The van der Waals surface area contributed by atoms with E-state index in [2.05, 4.69) is 34.3 Å². The van der Waals surface area contributed by atoms with Gasteiger partial charge >= 0.3 is 0 Å². The summed E-state index contributed by atoms with van der Waals surface area (Å²) in [6, 6.07) is 15.3. The molecule has 2 aromatic carbocycles. The Labute approximate surface area is 195 Å². The lowest BCUT2D eigenvalue weighted by Gasteiger charge is -2.34. The van der Waals surface area contributed by atoms with E-state index >= 15 is 0 Å². The van der Waals surface area contributed by atoms with Crippen molar-refractivity contribution < 1.29 is 14.3 Å². The maximum atomic E-state index is 13.3. The van der Waals surface area contributed by atoms with Crippen molar-refractivity contribution in [3.05, 3.63) is 59.8 Å². The molecule has 1 fully saturated rings. The number of hydrogen-bond acceptors (Lipinski definition) is 6. The molecule has 2 aliphatic rings. The zero-order chi connectivity index (χ0) is 23.5. The van der Waals surface area contributed by atoms with E-state index in [9.17, 15) is 9.59 Å². The Hall–Kier alpha value is -3.32. The van der Waals surface area contributed by atoms with Gasteiger partial charge in [-0.2, -0.15) is 0 Å². The molecule has 2 aliphatic heterocycles. The number of amides is 2. The molecule has 2 amide bonds. The van der Waals surface area contributed by atoms with Gasteiger partial charge < -0.3 is 19.9 Å². The fourth-order valence-corrected chi connectivity index (χ4v) is 4.29. The molecular formula is C26H32N4O3. The van der Waals surface area contributed by atoms with Crippen molar-refractivity contribution in [1.29, 1.82) is 0 Å². The van der Waals surface area contributed by atoms with E-state index in [0.29, 0.717) is 23.4 Å². The van der Waals surface area contributed by atoms with Crippen molar-refractivity contribution in [3.8, 4) is 5.75 Å². The number of hydrogen-bond donors (Lipinski definition) is 1. The van der Waals surface area contributed by atoms with Crippen molar-refractivity contribution in [3.63, 3.8) is 0 Å². The number of imide groups is 1. The van der Waals surface area contributed by atoms with Crippen LogP contribution in [-0.2, 0) is 9.59 Å². The summed E-state index contributed by atoms with van der Waals surface area (Å²) in [5, 5.41) is 3.25. The van der Waals surface area contributed by atoms with Gasteiger partial charge in [0.05, 0.1) is 12.7 Å². The third-order valence-corrected chi connectivity index (χ3v) is 6.10. The number of nitrogens with zero attached hydrogens (tertiary/aromatic N) is 3. The number of benzene rings is 2. The highest BCUT2D eigenvalue weighted by molar-refractivity contribution is 6.37. The van der Waals surface area contributed by atoms with E-state index in [-0.39, 0.29) is 23.4 Å².